The number of anilines is 6. The summed E-state index contributed by atoms with van der Waals surface area (Å²) < 4.78 is 0. The molecule has 0 fully saturated rings. The molecule has 0 aliphatic heterocycles. The van der Waals surface area contributed by atoms with Crippen LogP contribution in [0.5, 0.6) is 0 Å². The quantitative estimate of drug-likeness (QED) is 0.170. The van der Waals surface area contributed by atoms with Crippen LogP contribution in [0.25, 0.3) is 22.3 Å². The van der Waals surface area contributed by atoms with E-state index in [1.165, 1.54) is 89.5 Å². The van der Waals surface area contributed by atoms with E-state index in [2.05, 4.69) is 211 Å². The Labute approximate surface area is 321 Å². The molecule has 0 radical (unpaired) electrons. The normalized spacial score (nSPS) is 14.2. The largest absolute Gasteiger partial charge is 0.310 e. The maximum Gasteiger partial charge on any atom is 0.0467 e. The van der Waals surface area contributed by atoms with Crippen molar-refractivity contribution in [3.05, 3.63) is 190 Å². The summed E-state index contributed by atoms with van der Waals surface area (Å²) in [6.45, 7) is 18.6. The Hall–Kier alpha value is -5.86. The van der Waals surface area contributed by atoms with Gasteiger partial charge in [0.2, 0.25) is 0 Å². The van der Waals surface area contributed by atoms with Gasteiger partial charge < -0.3 is 9.80 Å². The van der Waals surface area contributed by atoms with E-state index in [4.69, 9.17) is 0 Å². The minimum absolute atomic E-state index is 0.174. The maximum absolute atomic E-state index is 2.55. The van der Waals surface area contributed by atoms with Crippen LogP contribution in [0.2, 0.25) is 0 Å². The van der Waals surface area contributed by atoms with Crippen LogP contribution in [-0.4, -0.2) is 0 Å². The zero-order valence-electron chi connectivity index (χ0n) is 32.8. The molecule has 0 unspecified atom stereocenters. The zero-order valence-corrected chi connectivity index (χ0v) is 32.8. The third kappa shape index (κ3) is 5.22. The molecule has 2 nitrogen and oxygen atoms in total. The van der Waals surface area contributed by atoms with Crippen molar-refractivity contribution in [3.8, 4) is 22.3 Å². The van der Waals surface area contributed by atoms with Crippen LogP contribution in [0.15, 0.2) is 146 Å². The molecule has 266 valence electrons. The molecule has 9 rings (SSSR count). The Bertz CT molecular complexity index is 2380. The third-order valence-electron chi connectivity index (χ3n) is 12.2. The molecule has 7 aromatic carbocycles. The molecule has 0 spiro atoms. The highest BCUT2D eigenvalue weighted by atomic mass is 15.1. The van der Waals surface area contributed by atoms with Crippen molar-refractivity contribution < 1.29 is 0 Å². The number of aryl methyl sites for hydroxylation is 4. The summed E-state index contributed by atoms with van der Waals surface area (Å²) in [6.07, 6.45) is 0. The van der Waals surface area contributed by atoms with E-state index in [1.807, 2.05) is 0 Å². The first-order chi connectivity index (χ1) is 25.9. The van der Waals surface area contributed by atoms with Crippen LogP contribution >= 0.6 is 0 Å². The van der Waals surface area contributed by atoms with Gasteiger partial charge in [-0.1, -0.05) is 99.5 Å². The van der Waals surface area contributed by atoms with Gasteiger partial charge in [-0.25, -0.2) is 0 Å². The van der Waals surface area contributed by atoms with Gasteiger partial charge in [-0.05, 0) is 168 Å². The van der Waals surface area contributed by atoms with Crippen molar-refractivity contribution in [2.24, 2.45) is 0 Å². The van der Waals surface area contributed by atoms with Crippen LogP contribution in [0, 0.1) is 27.7 Å². The Morgan fingerprint density at radius 2 is 0.667 bits per heavy atom. The Morgan fingerprint density at radius 1 is 0.333 bits per heavy atom. The molecule has 0 bridgehead atoms. The molecule has 2 heteroatoms. The number of nitrogens with zero attached hydrogens (tertiary/aromatic N) is 2. The van der Waals surface area contributed by atoms with Crippen molar-refractivity contribution in [1.29, 1.82) is 0 Å². The van der Waals surface area contributed by atoms with Gasteiger partial charge in [0.1, 0.15) is 0 Å². The summed E-state index contributed by atoms with van der Waals surface area (Å²) in [5.41, 5.74) is 23.0. The second kappa shape index (κ2) is 12.4. The van der Waals surface area contributed by atoms with E-state index in [0.29, 0.717) is 0 Å². The first-order valence-corrected chi connectivity index (χ1v) is 19.3. The molecule has 0 amide bonds. The minimum Gasteiger partial charge on any atom is -0.310 e. The van der Waals surface area contributed by atoms with Crippen molar-refractivity contribution >= 4 is 34.1 Å². The molecule has 0 N–H and O–H groups in total. The van der Waals surface area contributed by atoms with Crippen molar-refractivity contribution in [2.75, 3.05) is 9.80 Å². The summed E-state index contributed by atoms with van der Waals surface area (Å²) in [6, 6.07) is 54.1. The lowest BCUT2D eigenvalue weighted by Crippen LogP contribution is -2.18. The van der Waals surface area contributed by atoms with Crippen LogP contribution in [0.1, 0.15) is 72.2 Å². The molecule has 0 atom stereocenters. The lowest BCUT2D eigenvalue weighted by Gasteiger charge is -2.29. The number of rotatable bonds is 6. The van der Waals surface area contributed by atoms with E-state index in [0.717, 1.165) is 11.4 Å². The van der Waals surface area contributed by atoms with Crippen molar-refractivity contribution in [1.82, 2.24) is 0 Å². The molecule has 0 saturated heterocycles. The fourth-order valence-electron chi connectivity index (χ4n) is 9.27. The molecule has 2 aliphatic rings. The first-order valence-electron chi connectivity index (χ1n) is 19.3. The molecule has 7 aromatic rings. The monoisotopic (exact) mass is 700 g/mol. The van der Waals surface area contributed by atoms with E-state index >= 15 is 0 Å². The SMILES string of the molecule is Cc1ccc(N(c2ccccc2)c2cc(C)c3c(c2)C(C)(C)c2cc4c(cc2-3)C(C)(C)c2cc(N(c3ccccc3)c3ccc(C)cc3)cc(C)c2-4)cc1. The van der Waals surface area contributed by atoms with E-state index in [9.17, 15) is 0 Å². The van der Waals surface area contributed by atoms with Gasteiger partial charge in [0.15, 0.2) is 0 Å². The fraction of sp³-hybridized carbons (Fsp3) is 0.192. The number of hydrogen-bond donors (Lipinski definition) is 0. The summed E-state index contributed by atoms with van der Waals surface area (Å²) in [4.78, 5) is 4.81. The molecule has 0 heterocycles. The van der Waals surface area contributed by atoms with Crippen LogP contribution in [-0.2, 0) is 10.8 Å². The Balaban J connectivity index is 1.18. The molecule has 54 heavy (non-hydrogen) atoms. The van der Waals surface area contributed by atoms with Crippen molar-refractivity contribution in [2.45, 2.75) is 66.2 Å². The smallest absolute Gasteiger partial charge is 0.0467 e. The molecule has 0 aromatic heterocycles. The highest BCUT2D eigenvalue weighted by Crippen LogP contribution is 2.59. The molecule has 0 saturated carbocycles. The molecular formula is C52H48N2. The fourth-order valence-corrected chi connectivity index (χ4v) is 9.27. The third-order valence-corrected chi connectivity index (χ3v) is 12.2. The predicted octanol–water partition coefficient (Wildman–Crippen LogP) is 14.5. The van der Waals surface area contributed by atoms with Crippen molar-refractivity contribution in [3.63, 3.8) is 0 Å². The topological polar surface area (TPSA) is 6.48 Å². The van der Waals surface area contributed by atoms with E-state index < -0.39 is 0 Å². The Morgan fingerprint density at radius 3 is 1.02 bits per heavy atom. The highest BCUT2D eigenvalue weighted by molar-refractivity contribution is 5.94. The highest BCUT2D eigenvalue weighted by Gasteiger charge is 2.43. The van der Waals surface area contributed by atoms with Gasteiger partial charge in [0.05, 0.1) is 0 Å². The molecule has 2 aliphatic carbocycles. The van der Waals surface area contributed by atoms with Crippen LogP contribution < -0.4 is 9.80 Å². The van der Waals surface area contributed by atoms with Gasteiger partial charge in [-0.15, -0.1) is 0 Å². The summed E-state index contributed by atoms with van der Waals surface area (Å²) in [7, 11) is 0. The summed E-state index contributed by atoms with van der Waals surface area (Å²) in [5.74, 6) is 0. The van der Waals surface area contributed by atoms with Gasteiger partial charge in [0, 0.05) is 45.0 Å². The number of para-hydroxylation sites is 2. The summed E-state index contributed by atoms with van der Waals surface area (Å²) in [5, 5.41) is 0. The zero-order chi connectivity index (χ0) is 37.5. The Kier molecular flexibility index (Phi) is 7.76. The predicted molar refractivity (Wildman–Crippen MR) is 230 cm³/mol. The second-order valence-electron chi connectivity index (χ2n) is 16.6. The number of fused-ring (bicyclic) bond motifs is 6. The lowest BCUT2D eigenvalue weighted by molar-refractivity contribution is 0.652. The van der Waals surface area contributed by atoms with E-state index in [-0.39, 0.29) is 10.8 Å². The average Bonchev–Trinajstić information content (AvgIpc) is 3.53. The second-order valence-corrected chi connectivity index (χ2v) is 16.6. The number of benzene rings is 7. The van der Waals surface area contributed by atoms with Crippen LogP contribution in [0.3, 0.4) is 0 Å². The van der Waals surface area contributed by atoms with Gasteiger partial charge >= 0.3 is 0 Å². The molecular weight excluding hydrogens is 653 g/mol. The maximum atomic E-state index is 2.55. The van der Waals surface area contributed by atoms with Crippen LogP contribution in [0.4, 0.5) is 34.1 Å². The lowest BCUT2D eigenvalue weighted by atomic mass is 9.79. The average molecular weight is 701 g/mol. The standard InChI is InChI=1S/C52H48N2/c1-33-19-23-39(24-20-33)53(37-15-11-9-12-16-37)41-27-35(3)49-43-31-46-44(32-45(43)51(5,6)47(49)29-41)50-36(4)28-42(30-48(50)52(46,7)8)54(38-17-13-10-14-18-38)40-25-21-34(2)22-26-40/h9-32H,1-8H3. The van der Waals surface area contributed by atoms with Gasteiger partial charge in [0.25, 0.3) is 0 Å². The van der Waals surface area contributed by atoms with Gasteiger partial charge in [-0.3, -0.25) is 0 Å². The summed E-state index contributed by atoms with van der Waals surface area (Å²) >= 11 is 0. The first kappa shape index (κ1) is 33.9. The van der Waals surface area contributed by atoms with Gasteiger partial charge in [-0.2, -0.15) is 0 Å². The number of hydrogen-bond acceptors (Lipinski definition) is 2. The van der Waals surface area contributed by atoms with E-state index in [1.54, 1.807) is 0 Å². The minimum atomic E-state index is -0.174.